The number of imidazole rings is 1. The maximum atomic E-state index is 12.7. The molecule has 0 saturated heterocycles. The van der Waals surface area contributed by atoms with Crippen molar-refractivity contribution >= 4 is 16.9 Å². The molecule has 2 N–H and O–H groups in total. The minimum Gasteiger partial charge on any atom is -0.484 e. The fraction of sp³-hybridized carbons (Fsp3) is 0.381. The number of benzene rings is 1. The topological polar surface area (TPSA) is 89.1 Å². The summed E-state index contributed by atoms with van der Waals surface area (Å²) in [5, 5.41) is 3.16. The molecule has 28 heavy (non-hydrogen) atoms. The number of H-pyrrole nitrogens is 1. The summed E-state index contributed by atoms with van der Waals surface area (Å²) in [6, 6.07) is 9.90. The van der Waals surface area contributed by atoms with Gasteiger partial charge in [-0.05, 0) is 31.4 Å². The lowest BCUT2D eigenvalue weighted by Crippen LogP contribution is -2.38. The first-order valence-electron chi connectivity index (χ1n) is 9.77. The number of amides is 1. The summed E-state index contributed by atoms with van der Waals surface area (Å²) in [5.41, 5.74) is 2.55. The van der Waals surface area contributed by atoms with Gasteiger partial charge < -0.3 is 19.8 Å². The number of nitrogens with one attached hydrogen (secondary N) is 2. The van der Waals surface area contributed by atoms with Crippen LogP contribution in [0, 0.1) is 0 Å². The van der Waals surface area contributed by atoms with Crippen LogP contribution >= 0.6 is 0 Å². The maximum Gasteiger partial charge on any atom is 0.257 e. The summed E-state index contributed by atoms with van der Waals surface area (Å²) in [5.74, 6) is 2.19. The molecule has 7 heteroatoms. The Hall–Kier alpha value is -3.09. The molecule has 1 aliphatic heterocycles. The highest BCUT2D eigenvalue weighted by Crippen LogP contribution is 2.33. The Balaban J connectivity index is 1.28. The van der Waals surface area contributed by atoms with E-state index >= 15 is 0 Å². The van der Waals surface area contributed by atoms with Crippen LogP contribution in [0.1, 0.15) is 47.8 Å². The molecule has 2 aliphatic rings. The van der Waals surface area contributed by atoms with Gasteiger partial charge in [0.2, 0.25) is 0 Å². The highest BCUT2D eigenvalue weighted by molar-refractivity contribution is 5.94. The standard InChI is InChI=1S/C21H22N4O3/c26-20(14-11-18-21(22-12-14)28-9-8-27-18)23-15-5-3-4-13(10-15)19-24-16-6-1-2-7-17(16)25-19/h1-2,6-7,11-13,15H,3-5,8-10H2,(H,23,26)(H,24,25). The van der Waals surface area contributed by atoms with Gasteiger partial charge in [0.25, 0.3) is 11.8 Å². The largest absolute Gasteiger partial charge is 0.484 e. The Bertz CT molecular complexity index is 983. The molecule has 0 bridgehead atoms. The summed E-state index contributed by atoms with van der Waals surface area (Å²) < 4.78 is 10.9. The van der Waals surface area contributed by atoms with Crippen molar-refractivity contribution in [1.29, 1.82) is 0 Å². The summed E-state index contributed by atoms with van der Waals surface area (Å²) in [7, 11) is 0. The molecule has 3 heterocycles. The number of rotatable bonds is 3. The summed E-state index contributed by atoms with van der Waals surface area (Å²) in [6.45, 7) is 0.957. The summed E-state index contributed by atoms with van der Waals surface area (Å²) in [6.07, 6.45) is 5.54. The zero-order valence-corrected chi connectivity index (χ0v) is 15.5. The number of para-hydroxylation sites is 2. The van der Waals surface area contributed by atoms with Crippen molar-refractivity contribution in [2.24, 2.45) is 0 Å². The van der Waals surface area contributed by atoms with E-state index in [0.29, 0.717) is 36.3 Å². The van der Waals surface area contributed by atoms with Gasteiger partial charge in [-0.25, -0.2) is 9.97 Å². The Morgan fingerprint density at radius 1 is 1.18 bits per heavy atom. The van der Waals surface area contributed by atoms with E-state index in [1.54, 1.807) is 12.3 Å². The van der Waals surface area contributed by atoms with Gasteiger partial charge in [0.05, 0.1) is 16.6 Å². The Morgan fingerprint density at radius 2 is 2.07 bits per heavy atom. The van der Waals surface area contributed by atoms with Crippen molar-refractivity contribution in [3.63, 3.8) is 0 Å². The molecule has 144 valence electrons. The molecule has 1 fully saturated rings. The van der Waals surface area contributed by atoms with E-state index in [9.17, 15) is 4.79 Å². The van der Waals surface area contributed by atoms with E-state index in [0.717, 1.165) is 42.5 Å². The molecule has 2 atom stereocenters. The number of ether oxygens (including phenoxy) is 2. The van der Waals surface area contributed by atoms with E-state index < -0.39 is 0 Å². The van der Waals surface area contributed by atoms with E-state index in [4.69, 9.17) is 14.5 Å². The van der Waals surface area contributed by atoms with Crippen molar-refractivity contribution in [2.45, 2.75) is 37.6 Å². The predicted octanol–water partition coefficient (Wildman–Crippen LogP) is 3.19. The first-order valence-corrected chi connectivity index (χ1v) is 9.77. The van der Waals surface area contributed by atoms with Crippen LogP contribution in [0.4, 0.5) is 0 Å². The fourth-order valence-electron chi connectivity index (χ4n) is 4.06. The lowest BCUT2D eigenvalue weighted by Gasteiger charge is -2.28. The number of aromatic amines is 1. The molecule has 5 rings (SSSR count). The normalized spacial score (nSPS) is 21.4. The number of nitrogens with zero attached hydrogens (tertiary/aromatic N) is 2. The van der Waals surface area contributed by atoms with Crippen molar-refractivity contribution < 1.29 is 14.3 Å². The van der Waals surface area contributed by atoms with Gasteiger partial charge in [-0.15, -0.1) is 0 Å². The summed E-state index contributed by atoms with van der Waals surface area (Å²) in [4.78, 5) is 25.1. The van der Waals surface area contributed by atoms with Crippen LogP contribution in [0.2, 0.25) is 0 Å². The number of carbonyl (C=O) groups excluding carboxylic acids is 1. The molecule has 3 aromatic rings. The quantitative estimate of drug-likeness (QED) is 0.731. The zero-order chi connectivity index (χ0) is 18.9. The van der Waals surface area contributed by atoms with Gasteiger partial charge in [0.1, 0.15) is 19.0 Å². The molecular weight excluding hydrogens is 356 g/mol. The smallest absolute Gasteiger partial charge is 0.257 e. The molecule has 2 unspecified atom stereocenters. The first kappa shape index (κ1) is 17.0. The second-order valence-corrected chi connectivity index (χ2v) is 7.40. The highest BCUT2D eigenvalue weighted by Gasteiger charge is 2.27. The van der Waals surface area contributed by atoms with Crippen molar-refractivity contribution in [3.05, 3.63) is 47.9 Å². The zero-order valence-electron chi connectivity index (χ0n) is 15.5. The molecular formula is C21H22N4O3. The van der Waals surface area contributed by atoms with Gasteiger partial charge in [-0.3, -0.25) is 4.79 Å². The average molecular weight is 378 g/mol. The molecule has 1 amide bonds. The monoisotopic (exact) mass is 378 g/mol. The van der Waals surface area contributed by atoms with Crippen LogP contribution in [0.15, 0.2) is 36.5 Å². The van der Waals surface area contributed by atoms with Crippen LogP contribution in [0.3, 0.4) is 0 Å². The maximum absolute atomic E-state index is 12.7. The third kappa shape index (κ3) is 3.28. The molecule has 0 spiro atoms. The third-order valence-electron chi connectivity index (χ3n) is 5.46. The Kier molecular flexibility index (Phi) is 4.35. The van der Waals surface area contributed by atoms with Crippen LogP contribution < -0.4 is 14.8 Å². The van der Waals surface area contributed by atoms with E-state index in [-0.39, 0.29) is 11.9 Å². The number of pyridine rings is 1. The number of hydrogen-bond donors (Lipinski definition) is 2. The average Bonchev–Trinajstić information content (AvgIpc) is 3.18. The summed E-state index contributed by atoms with van der Waals surface area (Å²) >= 11 is 0. The highest BCUT2D eigenvalue weighted by atomic mass is 16.6. The van der Waals surface area contributed by atoms with Gasteiger partial charge in [0.15, 0.2) is 5.75 Å². The molecule has 7 nitrogen and oxygen atoms in total. The van der Waals surface area contributed by atoms with Crippen LogP contribution in [0.5, 0.6) is 11.6 Å². The molecule has 1 aliphatic carbocycles. The van der Waals surface area contributed by atoms with Crippen molar-refractivity contribution in [2.75, 3.05) is 13.2 Å². The van der Waals surface area contributed by atoms with Gasteiger partial charge >= 0.3 is 0 Å². The number of hydrogen-bond acceptors (Lipinski definition) is 5. The predicted molar refractivity (Wildman–Crippen MR) is 104 cm³/mol. The molecule has 2 aromatic heterocycles. The minimum absolute atomic E-state index is 0.118. The van der Waals surface area contributed by atoms with Crippen LogP contribution in [-0.2, 0) is 0 Å². The SMILES string of the molecule is O=C(NC1CCCC(c2nc3ccccc3[nH]2)C1)c1cnc2c(c1)OCCO2. The molecule has 1 saturated carbocycles. The Morgan fingerprint density at radius 3 is 3.00 bits per heavy atom. The van der Waals surface area contributed by atoms with Gasteiger partial charge in [0, 0.05) is 24.2 Å². The third-order valence-corrected chi connectivity index (χ3v) is 5.46. The Labute approximate surface area is 162 Å². The van der Waals surface area contributed by atoms with Gasteiger partial charge in [-0.2, -0.15) is 0 Å². The van der Waals surface area contributed by atoms with E-state index in [1.807, 2.05) is 24.3 Å². The molecule has 0 radical (unpaired) electrons. The second kappa shape index (κ2) is 7.14. The number of aromatic nitrogens is 3. The second-order valence-electron chi connectivity index (χ2n) is 7.40. The van der Waals surface area contributed by atoms with Gasteiger partial charge in [-0.1, -0.05) is 18.6 Å². The van der Waals surface area contributed by atoms with Crippen molar-refractivity contribution in [3.8, 4) is 11.6 Å². The minimum atomic E-state index is -0.125. The van der Waals surface area contributed by atoms with Crippen molar-refractivity contribution in [1.82, 2.24) is 20.3 Å². The lowest BCUT2D eigenvalue weighted by atomic mass is 9.85. The van der Waals surface area contributed by atoms with Crippen LogP contribution in [0.25, 0.3) is 11.0 Å². The van der Waals surface area contributed by atoms with Crippen LogP contribution in [-0.4, -0.2) is 40.1 Å². The fourth-order valence-corrected chi connectivity index (χ4v) is 4.06. The van der Waals surface area contributed by atoms with E-state index in [1.165, 1.54) is 0 Å². The first-order chi connectivity index (χ1) is 13.8. The lowest BCUT2D eigenvalue weighted by molar-refractivity contribution is 0.0922. The van der Waals surface area contributed by atoms with E-state index in [2.05, 4.69) is 15.3 Å². The molecule has 1 aromatic carbocycles. The number of carbonyl (C=O) groups is 1. The number of fused-ring (bicyclic) bond motifs is 2.